The highest BCUT2D eigenvalue weighted by molar-refractivity contribution is 5.30. The Bertz CT molecular complexity index is 388. The molecule has 0 saturated carbocycles. The Balaban J connectivity index is 2.63. The van der Waals surface area contributed by atoms with Crippen LogP contribution in [0.3, 0.4) is 0 Å². The number of aromatic nitrogens is 2. The molecule has 0 amide bonds. The van der Waals surface area contributed by atoms with Gasteiger partial charge in [0.15, 0.2) is 5.82 Å². The summed E-state index contributed by atoms with van der Waals surface area (Å²) in [5.41, 5.74) is -0.0716. The molecule has 0 saturated heterocycles. The lowest BCUT2D eigenvalue weighted by atomic mass is 10.2. The van der Waals surface area contributed by atoms with E-state index in [0.29, 0.717) is 38.0 Å². The normalized spacial score (nSPS) is 10.8. The molecule has 0 aliphatic heterocycles. The maximum Gasteiger partial charge on any atom is 0.293 e. The Kier molecular flexibility index (Phi) is 5.69. The van der Waals surface area contributed by atoms with E-state index in [0.717, 1.165) is 0 Å². The van der Waals surface area contributed by atoms with Crippen molar-refractivity contribution in [3.63, 3.8) is 0 Å². The molecule has 0 fully saturated rings. The Hall–Kier alpha value is -1.36. The highest BCUT2D eigenvalue weighted by Gasteiger charge is 2.05. The fraction of sp³-hybridized carbons (Fsp3) is 0.667. The largest absolute Gasteiger partial charge is 0.380 e. The van der Waals surface area contributed by atoms with Crippen molar-refractivity contribution in [1.82, 2.24) is 9.55 Å². The third-order valence-electron chi connectivity index (χ3n) is 2.22. The Morgan fingerprint density at radius 3 is 2.94 bits per heavy atom. The van der Waals surface area contributed by atoms with Gasteiger partial charge in [-0.3, -0.25) is 4.79 Å². The van der Waals surface area contributed by atoms with Crippen LogP contribution in [0.25, 0.3) is 0 Å². The van der Waals surface area contributed by atoms with Gasteiger partial charge in [-0.15, -0.1) is 0 Å². The minimum Gasteiger partial charge on any atom is -0.380 e. The van der Waals surface area contributed by atoms with Crippen molar-refractivity contribution >= 4 is 5.82 Å². The van der Waals surface area contributed by atoms with Gasteiger partial charge in [-0.2, -0.15) is 0 Å². The van der Waals surface area contributed by atoms with Gasteiger partial charge in [0.05, 0.1) is 6.61 Å². The van der Waals surface area contributed by atoms with Crippen molar-refractivity contribution in [2.45, 2.75) is 27.3 Å². The van der Waals surface area contributed by atoms with Crippen molar-refractivity contribution in [3.05, 3.63) is 22.7 Å². The van der Waals surface area contributed by atoms with Crippen LogP contribution in [0.4, 0.5) is 5.82 Å². The summed E-state index contributed by atoms with van der Waals surface area (Å²) < 4.78 is 6.87. The molecular formula is C12H21N3O2. The van der Waals surface area contributed by atoms with E-state index >= 15 is 0 Å². The Morgan fingerprint density at radius 2 is 2.29 bits per heavy atom. The lowest BCUT2D eigenvalue weighted by molar-refractivity contribution is 0.158. The molecule has 0 unspecified atom stereocenters. The smallest absolute Gasteiger partial charge is 0.293 e. The van der Waals surface area contributed by atoms with E-state index in [2.05, 4.69) is 24.1 Å². The highest BCUT2D eigenvalue weighted by atomic mass is 16.5. The first kappa shape index (κ1) is 13.7. The first-order chi connectivity index (χ1) is 8.15. The number of nitrogens with one attached hydrogen (secondary N) is 1. The molecule has 96 valence electrons. The summed E-state index contributed by atoms with van der Waals surface area (Å²) >= 11 is 0. The average molecular weight is 239 g/mol. The second-order valence-corrected chi connectivity index (χ2v) is 4.25. The van der Waals surface area contributed by atoms with Crippen LogP contribution in [0, 0.1) is 5.92 Å². The first-order valence-corrected chi connectivity index (χ1v) is 6.02. The summed E-state index contributed by atoms with van der Waals surface area (Å²) in [5.74, 6) is 0.833. The Labute approximate surface area is 102 Å². The van der Waals surface area contributed by atoms with Crippen LogP contribution in [-0.2, 0) is 11.3 Å². The maximum atomic E-state index is 12.0. The second kappa shape index (κ2) is 7.06. The standard InChI is InChI=1S/C12H21N3O2/c1-4-17-8-6-14-11-12(16)15(7-5-13-11)9-10(2)3/h5,7,10H,4,6,8-9H2,1-3H3,(H,13,14). The van der Waals surface area contributed by atoms with E-state index in [1.165, 1.54) is 0 Å². The van der Waals surface area contributed by atoms with Crippen LogP contribution in [0.1, 0.15) is 20.8 Å². The summed E-state index contributed by atoms with van der Waals surface area (Å²) in [7, 11) is 0. The summed E-state index contributed by atoms with van der Waals surface area (Å²) in [4.78, 5) is 16.0. The molecular weight excluding hydrogens is 218 g/mol. The lowest BCUT2D eigenvalue weighted by Gasteiger charge is -2.10. The zero-order valence-electron chi connectivity index (χ0n) is 10.8. The number of nitrogens with zero attached hydrogens (tertiary/aromatic N) is 2. The van der Waals surface area contributed by atoms with E-state index in [1.54, 1.807) is 17.0 Å². The minimum atomic E-state index is -0.0716. The van der Waals surface area contributed by atoms with E-state index in [4.69, 9.17) is 4.74 Å². The average Bonchev–Trinajstić information content (AvgIpc) is 2.28. The van der Waals surface area contributed by atoms with Gasteiger partial charge in [0.2, 0.25) is 0 Å². The number of ether oxygens (including phenoxy) is 1. The molecule has 0 radical (unpaired) electrons. The molecule has 5 heteroatoms. The van der Waals surface area contributed by atoms with Crippen molar-refractivity contribution in [1.29, 1.82) is 0 Å². The zero-order chi connectivity index (χ0) is 12.7. The molecule has 17 heavy (non-hydrogen) atoms. The molecule has 0 atom stereocenters. The molecule has 1 aromatic rings. The van der Waals surface area contributed by atoms with E-state index in [-0.39, 0.29) is 5.56 Å². The van der Waals surface area contributed by atoms with Crippen LogP contribution in [0.15, 0.2) is 17.2 Å². The van der Waals surface area contributed by atoms with Gasteiger partial charge in [-0.05, 0) is 12.8 Å². The van der Waals surface area contributed by atoms with Gasteiger partial charge < -0.3 is 14.6 Å². The SMILES string of the molecule is CCOCCNc1nccn(CC(C)C)c1=O. The maximum absolute atomic E-state index is 12.0. The zero-order valence-corrected chi connectivity index (χ0v) is 10.8. The number of rotatable bonds is 7. The van der Waals surface area contributed by atoms with E-state index in [9.17, 15) is 4.79 Å². The highest BCUT2D eigenvalue weighted by Crippen LogP contribution is 1.98. The second-order valence-electron chi connectivity index (χ2n) is 4.25. The molecule has 0 aliphatic rings. The van der Waals surface area contributed by atoms with Gasteiger partial charge in [0.1, 0.15) is 0 Å². The number of hydrogen-bond acceptors (Lipinski definition) is 4. The van der Waals surface area contributed by atoms with Gasteiger partial charge in [0, 0.05) is 32.1 Å². The van der Waals surface area contributed by atoms with E-state index in [1.807, 2.05) is 6.92 Å². The van der Waals surface area contributed by atoms with Crippen molar-refractivity contribution in [2.75, 3.05) is 25.1 Å². The molecule has 0 aliphatic carbocycles. The number of anilines is 1. The predicted octanol–water partition coefficient (Wildman–Crippen LogP) is 1.35. The molecule has 1 heterocycles. The molecule has 0 bridgehead atoms. The molecule has 1 rings (SSSR count). The fourth-order valence-electron chi connectivity index (χ4n) is 1.49. The van der Waals surface area contributed by atoms with Gasteiger partial charge in [0.25, 0.3) is 5.56 Å². The first-order valence-electron chi connectivity index (χ1n) is 6.02. The fourth-order valence-corrected chi connectivity index (χ4v) is 1.49. The van der Waals surface area contributed by atoms with Gasteiger partial charge in [-0.1, -0.05) is 13.8 Å². The third-order valence-corrected chi connectivity index (χ3v) is 2.22. The van der Waals surface area contributed by atoms with Crippen molar-refractivity contribution in [2.24, 2.45) is 5.92 Å². The lowest BCUT2D eigenvalue weighted by Crippen LogP contribution is -2.27. The van der Waals surface area contributed by atoms with Crippen LogP contribution in [0.5, 0.6) is 0 Å². The Morgan fingerprint density at radius 1 is 1.53 bits per heavy atom. The molecule has 5 nitrogen and oxygen atoms in total. The predicted molar refractivity (Wildman–Crippen MR) is 68.3 cm³/mol. The van der Waals surface area contributed by atoms with Gasteiger partial charge >= 0.3 is 0 Å². The number of hydrogen-bond donors (Lipinski definition) is 1. The van der Waals surface area contributed by atoms with E-state index < -0.39 is 0 Å². The molecule has 1 aromatic heterocycles. The molecule has 0 spiro atoms. The van der Waals surface area contributed by atoms with Crippen molar-refractivity contribution in [3.8, 4) is 0 Å². The molecule has 0 aromatic carbocycles. The summed E-state index contributed by atoms with van der Waals surface area (Å²) in [6.07, 6.45) is 3.36. The monoisotopic (exact) mass is 239 g/mol. The van der Waals surface area contributed by atoms with Crippen LogP contribution in [0.2, 0.25) is 0 Å². The van der Waals surface area contributed by atoms with Crippen LogP contribution >= 0.6 is 0 Å². The van der Waals surface area contributed by atoms with Gasteiger partial charge in [-0.25, -0.2) is 4.98 Å². The molecule has 1 N–H and O–H groups in total. The van der Waals surface area contributed by atoms with Crippen molar-refractivity contribution < 1.29 is 4.74 Å². The van der Waals surface area contributed by atoms with Crippen LogP contribution in [-0.4, -0.2) is 29.3 Å². The summed E-state index contributed by atoms with van der Waals surface area (Å²) in [6.45, 7) is 8.67. The third kappa shape index (κ3) is 4.56. The topological polar surface area (TPSA) is 56.1 Å². The minimum absolute atomic E-state index is 0.0716. The summed E-state index contributed by atoms with van der Waals surface area (Å²) in [6, 6.07) is 0. The quantitative estimate of drug-likeness (QED) is 0.730. The summed E-state index contributed by atoms with van der Waals surface area (Å²) in [5, 5.41) is 2.99. The van der Waals surface area contributed by atoms with Crippen LogP contribution < -0.4 is 10.9 Å².